The molecule has 0 saturated carbocycles. The molecule has 0 aliphatic rings. The normalized spacial score (nSPS) is 10.5. The minimum Gasteiger partial charge on any atom is -0.490 e. The predicted molar refractivity (Wildman–Crippen MR) is 105 cm³/mol. The highest BCUT2D eigenvalue weighted by Gasteiger charge is 2.11. The lowest BCUT2D eigenvalue weighted by Gasteiger charge is -2.14. The Hall–Kier alpha value is -3.42. The Bertz CT molecular complexity index is 912. The number of aromatic nitrogens is 4. The van der Waals surface area contributed by atoms with Gasteiger partial charge in [0.25, 0.3) is 5.91 Å². The first-order valence-corrected chi connectivity index (χ1v) is 9.25. The minimum absolute atomic E-state index is 0.237. The molecule has 28 heavy (non-hydrogen) atoms. The van der Waals surface area contributed by atoms with E-state index >= 15 is 0 Å². The molecule has 1 N–H and O–H groups in total. The van der Waals surface area contributed by atoms with Crippen molar-refractivity contribution in [1.29, 1.82) is 0 Å². The zero-order valence-corrected chi connectivity index (χ0v) is 16.0. The van der Waals surface area contributed by atoms with Crippen molar-refractivity contribution in [1.82, 2.24) is 20.2 Å². The van der Waals surface area contributed by atoms with Gasteiger partial charge in [-0.05, 0) is 53.6 Å². The molecule has 0 radical (unpaired) electrons. The molecular formula is C20H23N5O3. The van der Waals surface area contributed by atoms with Gasteiger partial charge in [-0.3, -0.25) is 4.79 Å². The maximum Gasteiger partial charge on any atom is 0.255 e. The summed E-state index contributed by atoms with van der Waals surface area (Å²) in [5, 5.41) is 14.0. The van der Waals surface area contributed by atoms with E-state index in [0.717, 1.165) is 12.8 Å². The molecular weight excluding hydrogens is 358 g/mol. The largest absolute Gasteiger partial charge is 0.490 e. The summed E-state index contributed by atoms with van der Waals surface area (Å²) < 4.78 is 13.0. The van der Waals surface area contributed by atoms with Gasteiger partial charge in [0, 0.05) is 17.3 Å². The lowest BCUT2D eigenvalue weighted by atomic mass is 10.2. The maximum absolute atomic E-state index is 12.7. The van der Waals surface area contributed by atoms with Crippen molar-refractivity contribution in [3.63, 3.8) is 0 Å². The smallest absolute Gasteiger partial charge is 0.255 e. The molecule has 0 fully saturated rings. The van der Waals surface area contributed by atoms with Gasteiger partial charge in [-0.15, -0.1) is 5.10 Å². The summed E-state index contributed by atoms with van der Waals surface area (Å²) in [6.45, 7) is 5.27. The van der Waals surface area contributed by atoms with Crippen LogP contribution in [0.4, 0.5) is 5.69 Å². The average Bonchev–Trinajstić information content (AvgIpc) is 3.26. The molecule has 0 saturated heterocycles. The standard InChI is InChI=1S/C20H23N5O3/c1-3-10-27-18-9-8-16(13-19(18)28-11-4-2)22-20(26)15-6-5-7-17(12-15)25-14-21-23-24-25/h5-9,12-14H,3-4,10-11H2,1-2H3,(H,22,26). The molecule has 3 aromatic rings. The maximum atomic E-state index is 12.7. The van der Waals surface area contributed by atoms with Crippen LogP contribution in [-0.4, -0.2) is 39.3 Å². The molecule has 0 unspecified atom stereocenters. The van der Waals surface area contributed by atoms with Crippen molar-refractivity contribution < 1.29 is 14.3 Å². The molecule has 1 aromatic heterocycles. The van der Waals surface area contributed by atoms with E-state index < -0.39 is 0 Å². The van der Waals surface area contributed by atoms with E-state index in [9.17, 15) is 4.79 Å². The fourth-order valence-corrected chi connectivity index (χ4v) is 2.51. The van der Waals surface area contributed by atoms with Gasteiger partial charge < -0.3 is 14.8 Å². The van der Waals surface area contributed by atoms with E-state index in [-0.39, 0.29) is 5.91 Å². The number of benzene rings is 2. The third kappa shape index (κ3) is 4.85. The number of hydrogen-bond donors (Lipinski definition) is 1. The first-order chi connectivity index (χ1) is 13.7. The number of nitrogens with one attached hydrogen (secondary N) is 1. The van der Waals surface area contributed by atoms with Gasteiger partial charge in [-0.25, -0.2) is 4.68 Å². The molecule has 3 rings (SSSR count). The minimum atomic E-state index is -0.237. The van der Waals surface area contributed by atoms with Crippen LogP contribution < -0.4 is 14.8 Å². The number of tetrazole rings is 1. The Morgan fingerprint density at radius 2 is 1.82 bits per heavy atom. The zero-order valence-electron chi connectivity index (χ0n) is 16.0. The van der Waals surface area contributed by atoms with Crippen LogP contribution in [0.2, 0.25) is 0 Å². The second-order valence-electron chi connectivity index (χ2n) is 6.12. The van der Waals surface area contributed by atoms with Gasteiger partial charge >= 0.3 is 0 Å². The summed E-state index contributed by atoms with van der Waals surface area (Å²) in [5.74, 6) is 1.06. The summed E-state index contributed by atoms with van der Waals surface area (Å²) >= 11 is 0. The van der Waals surface area contributed by atoms with Crippen LogP contribution in [0.1, 0.15) is 37.0 Å². The van der Waals surface area contributed by atoms with Gasteiger partial charge in [-0.2, -0.15) is 0 Å². The van der Waals surface area contributed by atoms with Crippen LogP contribution in [0.25, 0.3) is 5.69 Å². The third-order valence-electron chi connectivity index (χ3n) is 3.85. The van der Waals surface area contributed by atoms with E-state index in [2.05, 4.69) is 20.8 Å². The molecule has 0 atom stereocenters. The predicted octanol–water partition coefficient (Wildman–Crippen LogP) is 3.49. The molecule has 8 nitrogen and oxygen atoms in total. The van der Waals surface area contributed by atoms with Crippen LogP contribution in [0.3, 0.4) is 0 Å². The van der Waals surface area contributed by atoms with Crippen molar-refractivity contribution in [2.24, 2.45) is 0 Å². The number of nitrogens with zero attached hydrogens (tertiary/aromatic N) is 4. The number of rotatable bonds is 9. The summed E-state index contributed by atoms with van der Waals surface area (Å²) in [6.07, 6.45) is 3.26. The Morgan fingerprint density at radius 3 is 2.54 bits per heavy atom. The van der Waals surface area contributed by atoms with Gasteiger partial charge in [0.15, 0.2) is 11.5 Å². The van der Waals surface area contributed by atoms with Crippen molar-refractivity contribution >= 4 is 11.6 Å². The highest BCUT2D eigenvalue weighted by molar-refractivity contribution is 6.04. The third-order valence-corrected chi connectivity index (χ3v) is 3.85. The van der Waals surface area contributed by atoms with E-state index in [1.54, 1.807) is 30.3 Å². The molecule has 0 spiro atoms. The van der Waals surface area contributed by atoms with E-state index in [0.29, 0.717) is 41.7 Å². The molecule has 0 aliphatic carbocycles. The summed E-state index contributed by atoms with van der Waals surface area (Å²) in [4.78, 5) is 12.7. The molecule has 0 bridgehead atoms. The SMILES string of the molecule is CCCOc1ccc(NC(=O)c2cccc(-n3cnnn3)c2)cc1OCCC. The fourth-order valence-electron chi connectivity index (χ4n) is 2.51. The number of carbonyl (C=O) groups is 1. The van der Waals surface area contributed by atoms with Gasteiger partial charge in [0.2, 0.25) is 0 Å². The second kappa shape index (κ2) is 9.50. The fraction of sp³-hybridized carbons (Fsp3) is 0.300. The molecule has 2 aromatic carbocycles. The van der Waals surface area contributed by atoms with Crippen LogP contribution in [0.15, 0.2) is 48.8 Å². The van der Waals surface area contributed by atoms with Crippen molar-refractivity contribution in [2.45, 2.75) is 26.7 Å². The Morgan fingerprint density at radius 1 is 1.04 bits per heavy atom. The number of anilines is 1. The Kier molecular flexibility index (Phi) is 6.56. The number of hydrogen-bond acceptors (Lipinski definition) is 6. The topological polar surface area (TPSA) is 91.2 Å². The molecule has 1 amide bonds. The van der Waals surface area contributed by atoms with E-state index in [1.807, 2.05) is 26.0 Å². The Labute approximate surface area is 163 Å². The van der Waals surface area contributed by atoms with Gasteiger partial charge in [0.1, 0.15) is 6.33 Å². The summed E-state index contributed by atoms with van der Waals surface area (Å²) in [6, 6.07) is 12.5. The van der Waals surface area contributed by atoms with E-state index in [1.165, 1.54) is 11.0 Å². The van der Waals surface area contributed by atoms with Crippen molar-refractivity contribution in [3.8, 4) is 17.2 Å². The first-order valence-electron chi connectivity index (χ1n) is 9.25. The van der Waals surface area contributed by atoms with Crippen molar-refractivity contribution in [2.75, 3.05) is 18.5 Å². The first kappa shape index (κ1) is 19.3. The van der Waals surface area contributed by atoms with Crippen LogP contribution >= 0.6 is 0 Å². The summed E-state index contributed by atoms with van der Waals surface area (Å²) in [5.41, 5.74) is 1.83. The average molecular weight is 381 g/mol. The van der Waals surface area contributed by atoms with Crippen LogP contribution in [-0.2, 0) is 0 Å². The van der Waals surface area contributed by atoms with Crippen LogP contribution in [0, 0.1) is 0 Å². The molecule has 0 aliphatic heterocycles. The number of carbonyl (C=O) groups excluding carboxylic acids is 1. The number of amides is 1. The van der Waals surface area contributed by atoms with E-state index in [4.69, 9.17) is 9.47 Å². The summed E-state index contributed by atoms with van der Waals surface area (Å²) in [7, 11) is 0. The highest BCUT2D eigenvalue weighted by atomic mass is 16.5. The van der Waals surface area contributed by atoms with Crippen molar-refractivity contribution in [3.05, 3.63) is 54.4 Å². The quantitative estimate of drug-likeness (QED) is 0.610. The monoisotopic (exact) mass is 381 g/mol. The molecule has 146 valence electrons. The Balaban J connectivity index is 1.77. The highest BCUT2D eigenvalue weighted by Crippen LogP contribution is 2.31. The van der Waals surface area contributed by atoms with Crippen LogP contribution in [0.5, 0.6) is 11.5 Å². The molecule has 1 heterocycles. The zero-order chi connectivity index (χ0) is 19.8. The lowest BCUT2D eigenvalue weighted by Crippen LogP contribution is -2.13. The van der Waals surface area contributed by atoms with Gasteiger partial charge in [-0.1, -0.05) is 19.9 Å². The lowest BCUT2D eigenvalue weighted by molar-refractivity contribution is 0.102. The number of ether oxygens (including phenoxy) is 2. The molecule has 8 heteroatoms. The van der Waals surface area contributed by atoms with Gasteiger partial charge in [0.05, 0.1) is 18.9 Å². The second-order valence-corrected chi connectivity index (χ2v) is 6.12.